The Hall–Kier alpha value is -1.08. The van der Waals surface area contributed by atoms with Crippen molar-refractivity contribution in [3.8, 4) is 0 Å². The number of rotatable bonds is 3. The second-order valence-electron chi connectivity index (χ2n) is 4.19. The Morgan fingerprint density at radius 1 is 1.53 bits per heavy atom. The zero-order valence-corrected chi connectivity index (χ0v) is 12.5. The fourth-order valence-electron chi connectivity index (χ4n) is 1.96. The summed E-state index contributed by atoms with van der Waals surface area (Å²) in [5.74, 6) is 0.485. The molecule has 0 radical (unpaired) electrons. The van der Waals surface area contributed by atoms with Crippen molar-refractivity contribution in [2.75, 3.05) is 18.1 Å². The summed E-state index contributed by atoms with van der Waals surface area (Å²) in [6.07, 6.45) is 1.49. The van der Waals surface area contributed by atoms with Crippen LogP contribution < -0.4 is 0 Å². The Bertz CT molecular complexity index is 480. The molecule has 0 saturated carbocycles. The van der Waals surface area contributed by atoms with Crippen molar-refractivity contribution in [1.29, 1.82) is 0 Å². The maximum absolute atomic E-state index is 12.4. The first-order chi connectivity index (χ1) is 9.08. The summed E-state index contributed by atoms with van der Waals surface area (Å²) in [5.41, 5.74) is 0.491. The molecule has 0 aromatic carbocycles. The molecule has 2 heterocycles. The minimum Gasteiger partial charge on any atom is -0.481 e. The van der Waals surface area contributed by atoms with Gasteiger partial charge in [-0.05, 0) is 28.1 Å². The van der Waals surface area contributed by atoms with Gasteiger partial charge in [-0.25, -0.2) is 4.98 Å². The summed E-state index contributed by atoms with van der Waals surface area (Å²) in [5, 5.41) is 8.91. The molecule has 7 heteroatoms. The Morgan fingerprint density at radius 2 is 2.32 bits per heavy atom. The van der Waals surface area contributed by atoms with Crippen LogP contribution in [-0.4, -0.2) is 51.0 Å². The van der Waals surface area contributed by atoms with Crippen molar-refractivity contribution < 1.29 is 14.7 Å². The minimum atomic E-state index is -0.876. The lowest BCUT2D eigenvalue weighted by molar-refractivity contribution is -0.138. The van der Waals surface area contributed by atoms with Crippen molar-refractivity contribution in [3.63, 3.8) is 0 Å². The van der Waals surface area contributed by atoms with Gasteiger partial charge in [-0.2, -0.15) is 11.8 Å². The Balaban J connectivity index is 2.15. The van der Waals surface area contributed by atoms with Crippen LogP contribution in [0, 0.1) is 0 Å². The van der Waals surface area contributed by atoms with Gasteiger partial charge >= 0.3 is 5.97 Å². The van der Waals surface area contributed by atoms with E-state index in [0.29, 0.717) is 22.5 Å². The van der Waals surface area contributed by atoms with Gasteiger partial charge in [0.15, 0.2) is 0 Å². The van der Waals surface area contributed by atoms with E-state index < -0.39 is 5.97 Å². The fraction of sp³-hybridized carbons (Fsp3) is 0.417. The lowest BCUT2D eigenvalue weighted by Gasteiger charge is -2.34. The second kappa shape index (κ2) is 6.38. The summed E-state index contributed by atoms with van der Waals surface area (Å²) in [4.78, 5) is 28.9. The normalized spacial score (nSPS) is 19.2. The van der Waals surface area contributed by atoms with E-state index in [1.54, 1.807) is 28.8 Å². The number of nitrogens with zero attached hydrogens (tertiary/aromatic N) is 2. The molecule has 1 unspecified atom stereocenters. The molecule has 1 atom stereocenters. The lowest BCUT2D eigenvalue weighted by atomic mass is 10.1. The summed E-state index contributed by atoms with van der Waals surface area (Å²) in [6.45, 7) is 0.581. The predicted octanol–water partition coefficient (Wildman–Crippen LogP) is 1.88. The van der Waals surface area contributed by atoms with Gasteiger partial charge in [0.2, 0.25) is 0 Å². The van der Waals surface area contributed by atoms with Crippen molar-refractivity contribution in [2.45, 2.75) is 12.5 Å². The van der Waals surface area contributed by atoms with Crippen LogP contribution in [0.25, 0.3) is 0 Å². The molecule has 0 spiro atoms. The largest absolute Gasteiger partial charge is 0.481 e. The molecule has 0 bridgehead atoms. The summed E-state index contributed by atoms with van der Waals surface area (Å²) >= 11 is 4.90. The maximum atomic E-state index is 12.4. The van der Waals surface area contributed by atoms with Gasteiger partial charge in [-0.3, -0.25) is 9.59 Å². The molecule has 1 saturated heterocycles. The van der Waals surface area contributed by atoms with Gasteiger partial charge in [0, 0.05) is 24.2 Å². The van der Waals surface area contributed by atoms with Gasteiger partial charge in [0.05, 0.1) is 18.0 Å². The van der Waals surface area contributed by atoms with Crippen LogP contribution in [0.4, 0.5) is 0 Å². The molecule has 19 heavy (non-hydrogen) atoms. The number of carbonyl (C=O) groups excluding carboxylic acids is 1. The highest BCUT2D eigenvalue weighted by molar-refractivity contribution is 9.10. The van der Waals surface area contributed by atoms with Crippen LogP contribution in [0.2, 0.25) is 0 Å². The number of carboxylic acid groups (broad SMARTS) is 1. The highest BCUT2D eigenvalue weighted by Crippen LogP contribution is 2.21. The van der Waals surface area contributed by atoms with Crippen LogP contribution in [0.3, 0.4) is 0 Å². The van der Waals surface area contributed by atoms with E-state index in [2.05, 4.69) is 20.9 Å². The van der Waals surface area contributed by atoms with Crippen molar-refractivity contribution in [2.24, 2.45) is 0 Å². The van der Waals surface area contributed by atoms with Crippen LogP contribution in [-0.2, 0) is 4.79 Å². The second-order valence-corrected chi connectivity index (χ2v) is 6.16. The van der Waals surface area contributed by atoms with Crippen molar-refractivity contribution in [3.05, 3.63) is 28.5 Å². The molecule has 1 aliphatic rings. The highest BCUT2D eigenvalue weighted by atomic mass is 79.9. The molecule has 0 aliphatic carbocycles. The molecule has 1 aromatic rings. The van der Waals surface area contributed by atoms with E-state index in [-0.39, 0.29) is 18.4 Å². The molecule has 1 fully saturated rings. The number of hydrogen-bond donors (Lipinski definition) is 1. The Labute approximate surface area is 123 Å². The number of aromatic nitrogens is 1. The van der Waals surface area contributed by atoms with Gasteiger partial charge in [-0.1, -0.05) is 0 Å². The molecule has 1 N–H and O–H groups in total. The minimum absolute atomic E-state index is 0.0112. The molecular weight excluding hydrogens is 332 g/mol. The van der Waals surface area contributed by atoms with Gasteiger partial charge in [-0.15, -0.1) is 0 Å². The Kier molecular flexibility index (Phi) is 4.81. The van der Waals surface area contributed by atoms with Gasteiger partial charge < -0.3 is 10.0 Å². The smallest absolute Gasteiger partial charge is 0.305 e. The van der Waals surface area contributed by atoms with Crippen LogP contribution in [0.5, 0.6) is 0 Å². The SMILES string of the molecule is O=C(O)CC1CSCCN1C(=O)c1ccc(Br)nc1. The number of aliphatic carboxylic acids is 1. The molecule has 102 valence electrons. The number of halogens is 1. The average Bonchev–Trinajstić information content (AvgIpc) is 2.39. The highest BCUT2D eigenvalue weighted by Gasteiger charge is 2.29. The number of thioether (sulfide) groups is 1. The third-order valence-electron chi connectivity index (χ3n) is 2.87. The van der Waals surface area contributed by atoms with Crippen molar-refractivity contribution >= 4 is 39.6 Å². The Morgan fingerprint density at radius 3 is 2.95 bits per heavy atom. The third kappa shape index (κ3) is 3.70. The van der Waals surface area contributed by atoms with Crippen LogP contribution in [0.1, 0.15) is 16.8 Å². The first-order valence-corrected chi connectivity index (χ1v) is 7.75. The average molecular weight is 345 g/mol. The zero-order chi connectivity index (χ0) is 13.8. The molecule has 1 amide bonds. The quantitative estimate of drug-likeness (QED) is 0.847. The molecular formula is C12H13BrN2O3S. The van der Waals surface area contributed by atoms with E-state index in [4.69, 9.17) is 5.11 Å². The van der Waals surface area contributed by atoms with Gasteiger partial charge in [0.25, 0.3) is 5.91 Å². The molecule has 1 aliphatic heterocycles. The fourth-order valence-corrected chi connectivity index (χ4v) is 3.26. The number of carbonyl (C=O) groups is 2. The van der Waals surface area contributed by atoms with E-state index in [1.165, 1.54) is 6.20 Å². The number of amides is 1. The monoisotopic (exact) mass is 344 g/mol. The van der Waals surface area contributed by atoms with Crippen LogP contribution >= 0.6 is 27.7 Å². The number of hydrogen-bond acceptors (Lipinski definition) is 4. The first-order valence-electron chi connectivity index (χ1n) is 5.80. The third-order valence-corrected chi connectivity index (χ3v) is 4.43. The zero-order valence-electron chi connectivity index (χ0n) is 10.1. The molecule has 2 rings (SSSR count). The molecule has 1 aromatic heterocycles. The lowest BCUT2D eigenvalue weighted by Crippen LogP contribution is -2.47. The number of pyridine rings is 1. The van der Waals surface area contributed by atoms with Crippen molar-refractivity contribution in [1.82, 2.24) is 9.88 Å². The predicted molar refractivity (Wildman–Crippen MR) is 76.3 cm³/mol. The van der Waals surface area contributed by atoms with E-state index in [1.807, 2.05) is 0 Å². The van der Waals surface area contributed by atoms with E-state index in [9.17, 15) is 9.59 Å². The summed E-state index contributed by atoms with van der Waals surface area (Å²) in [6, 6.07) is 3.16. The maximum Gasteiger partial charge on any atom is 0.305 e. The van der Waals surface area contributed by atoms with Crippen LogP contribution in [0.15, 0.2) is 22.9 Å². The van der Waals surface area contributed by atoms with Gasteiger partial charge in [0.1, 0.15) is 4.60 Å². The summed E-state index contributed by atoms with van der Waals surface area (Å²) < 4.78 is 0.667. The summed E-state index contributed by atoms with van der Waals surface area (Å²) in [7, 11) is 0. The van der Waals surface area contributed by atoms with E-state index >= 15 is 0 Å². The van der Waals surface area contributed by atoms with E-state index in [0.717, 1.165) is 5.75 Å². The number of carboxylic acids is 1. The topological polar surface area (TPSA) is 70.5 Å². The molecule has 5 nitrogen and oxygen atoms in total. The first kappa shape index (κ1) is 14.3. The standard InChI is InChI=1S/C12H13BrN2O3S/c13-10-2-1-8(6-14-10)12(18)15-3-4-19-7-9(15)5-11(16)17/h1-2,6,9H,3-5,7H2,(H,16,17).